The van der Waals surface area contributed by atoms with Crippen LogP contribution in [0.4, 0.5) is 0 Å². The molecular weight excluding hydrogens is 210 g/mol. The van der Waals surface area contributed by atoms with Crippen molar-refractivity contribution < 1.29 is 5.11 Å². The molecule has 3 rings (SSSR count). The van der Waals surface area contributed by atoms with E-state index in [1.54, 1.807) is 0 Å². The first kappa shape index (κ1) is 11.1. The molecule has 0 aromatic heterocycles. The third-order valence-corrected chi connectivity index (χ3v) is 4.81. The molecule has 2 aliphatic carbocycles. The van der Waals surface area contributed by atoms with E-state index in [-0.39, 0.29) is 11.5 Å². The third kappa shape index (κ3) is 1.58. The molecule has 92 valence electrons. The van der Waals surface area contributed by atoms with Gasteiger partial charge in [0.05, 0.1) is 0 Å². The summed E-state index contributed by atoms with van der Waals surface area (Å²) < 4.78 is 0. The van der Waals surface area contributed by atoms with Crippen LogP contribution in [0.5, 0.6) is 5.75 Å². The van der Waals surface area contributed by atoms with Gasteiger partial charge in [-0.15, -0.1) is 0 Å². The van der Waals surface area contributed by atoms with Gasteiger partial charge in [0, 0.05) is 17.0 Å². The zero-order valence-corrected chi connectivity index (χ0v) is 10.3. The Morgan fingerprint density at radius 1 is 1.18 bits per heavy atom. The molecule has 1 spiro atoms. The van der Waals surface area contributed by atoms with Crippen LogP contribution in [0.2, 0.25) is 0 Å². The van der Waals surface area contributed by atoms with Gasteiger partial charge in [-0.3, -0.25) is 0 Å². The highest BCUT2D eigenvalue weighted by molar-refractivity contribution is 5.48. The Hall–Kier alpha value is -1.02. The summed E-state index contributed by atoms with van der Waals surface area (Å²) in [5, 5.41) is 10.2. The summed E-state index contributed by atoms with van der Waals surface area (Å²) in [6.45, 7) is 0. The Balaban J connectivity index is 2.15. The van der Waals surface area contributed by atoms with Crippen molar-refractivity contribution in [3.05, 3.63) is 29.3 Å². The lowest BCUT2D eigenvalue weighted by Crippen LogP contribution is -2.50. The SMILES string of the molecule is NC1CCc2cccc(O)c2C12CCCCC2. The van der Waals surface area contributed by atoms with Gasteiger partial charge in [0.2, 0.25) is 0 Å². The molecule has 1 aromatic carbocycles. The van der Waals surface area contributed by atoms with Gasteiger partial charge in [0.15, 0.2) is 0 Å². The predicted octanol–water partition coefficient (Wildman–Crippen LogP) is 2.87. The highest BCUT2D eigenvalue weighted by Gasteiger charge is 2.44. The Labute approximate surface area is 103 Å². The van der Waals surface area contributed by atoms with Crippen molar-refractivity contribution in [2.75, 3.05) is 0 Å². The third-order valence-electron chi connectivity index (χ3n) is 4.81. The average molecular weight is 231 g/mol. The molecule has 1 unspecified atom stereocenters. The number of phenols is 1. The lowest BCUT2D eigenvalue weighted by Gasteiger charge is -2.46. The molecule has 1 aromatic rings. The summed E-state index contributed by atoms with van der Waals surface area (Å²) in [5.74, 6) is 0.472. The van der Waals surface area contributed by atoms with E-state index in [2.05, 4.69) is 6.07 Å². The van der Waals surface area contributed by atoms with Crippen molar-refractivity contribution in [1.29, 1.82) is 0 Å². The summed E-state index contributed by atoms with van der Waals surface area (Å²) >= 11 is 0. The predicted molar refractivity (Wildman–Crippen MR) is 69.2 cm³/mol. The van der Waals surface area contributed by atoms with Gasteiger partial charge in [-0.25, -0.2) is 0 Å². The number of rotatable bonds is 0. The van der Waals surface area contributed by atoms with Gasteiger partial charge in [0.1, 0.15) is 5.75 Å². The number of aromatic hydroxyl groups is 1. The van der Waals surface area contributed by atoms with E-state index in [1.165, 1.54) is 30.4 Å². The number of fused-ring (bicyclic) bond motifs is 2. The molecule has 1 saturated carbocycles. The lowest BCUT2D eigenvalue weighted by atomic mass is 9.60. The first-order valence-corrected chi connectivity index (χ1v) is 6.81. The molecule has 1 fully saturated rings. The molecule has 0 aliphatic heterocycles. The molecule has 0 radical (unpaired) electrons. The molecule has 2 nitrogen and oxygen atoms in total. The molecule has 2 aliphatic rings. The van der Waals surface area contributed by atoms with Gasteiger partial charge >= 0.3 is 0 Å². The van der Waals surface area contributed by atoms with Crippen LogP contribution >= 0.6 is 0 Å². The van der Waals surface area contributed by atoms with Crippen LogP contribution < -0.4 is 5.73 Å². The zero-order chi connectivity index (χ0) is 11.9. The molecule has 3 N–H and O–H groups in total. The number of hydrogen-bond donors (Lipinski definition) is 2. The lowest BCUT2D eigenvalue weighted by molar-refractivity contribution is 0.214. The minimum Gasteiger partial charge on any atom is -0.508 e. The molecular formula is C15H21NO. The van der Waals surface area contributed by atoms with E-state index in [0.717, 1.165) is 25.7 Å². The van der Waals surface area contributed by atoms with Gasteiger partial charge in [0.25, 0.3) is 0 Å². The van der Waals surface area contributed by atoms with Crippen LogP contribution in [0.3, 0.4) is 0 Å². The van der Waals surface area contributed by atoms with Crippen LogP contribution in [-0.2, 0) is 11.8 Å². The zero-order valence-electron chi connectivity index (χ0n) is 10.3. The highest BCUT2D eigenvalue weighted by Crippen LogP contribution is 2.49. The number of aryl methyl sites for hydroxylation is 1. The number of phenolic OH excluding ortho intramolecular Hbond substituents is 1. The Morgan fingerprint density at radius 3 is 2.71 bits per heavy atom. The topological polar surface area (TPSA) is 46.2 Å². The minimum absolute atomic E-state index is 0.0666. The average Bonchev–Trinajstić information content (AvgIpc) is 2.35. The molecule has 0 saturated heterocycles. The van der Waals surface area contributed by atoms with E-state index < -0.39 is 0 Å². The second kappa shape index (κ2) is 4.02. The van der Waals surface area contributed by atoms with Crippen molar-refractivity contribution in [2.24, 2.45) is 5.73 Å². The first-order chi connectivity index (χ1) is 8.24. The van der Waals surface area contributed by atoms with Crippen LogP contribution in [0.1, 0.15) is 49.7 Å². The highest BCUT2D eigenvalue weighted by atomic mass is 16.3. The Morgan fingerprint density at radius 2 is 1.94 bits per heavy atom. The quantitative estimate of drug-likeness (QED) is 0.721. The molecule has 2 heteroatoms. The van der Waals surface area contributed by atoms with E-state index in [1.807, 2.05) is 12.1 Å². The second-order valence-electron chi connectivity index (χ2n) is 5.67. The van der Waals surface area contributed by atoms with Crippen LogP contribution in [0.15, 0.2) is 18.2 Å². The van der Waals surface area contributed by atoms with Gasteiger partial charge in [-0.05, 0) is 37.3 Å². The smallest absolute Gasteiger partial charge is 0.119 e. The molecule has 1 atom stereocenters. The molecule has 0 bridgehead atoms. The summed E-state index contributed by atoms with van der Waals surface area (Å²) in [6.07, 6.45) is 8.21. The standard InChI is InChI=1S/C15H21NO/c16-13-8-7-11-5-4-6-12(17)14(11)15(13)9-2-1-3-10-15/h4-6,13,17H,1-3,7-10,16H2. The summed E-state index contributed by atoms with van der Waals surface area (Å²) in [7, 11) is 0. The number of nitrogens with two attached hydrogens (primary N) is 1. The van der Waals surface area contributed by atoms with Crippen LogP contribution in [-0.4, -0.2) is 11.1 Å². The second-order valence-corrected chi connectivity index (χ2v) is 5.67. The number of hydrogen-bond acceptors (Lipinski definition) is 2. The Bertz CT molecular complexity index is 421. The normalized spacial score (nSPS) is 26.8. The maximum atomic E-state index is 10.2. The fraction of sp³-hybridized carbons (Fsp3) is 0.600. The molecule has 0 heterocycles. The maximum Gasteiger partial charge on any atom is 0.119 e. The van der Waals surface area contributed by atoms with E-state index in [4.69, 9.17) is 5.73 Å². The van der Waals surface area contributed by atoms with E-state index >= 15 is 0 Å². The fourth-order valence-corrected chi connectivity index (χ4v) is 3.95. The summed E-state index contributed by atoms with van der Waals surface area (Å²) in [4.78, 5) is 0. The Kier molecular flexibility index (Phi) is 2.62. The van der Waals surface area contributed by atoms with Crippen LogP contribution in [0.25, 0.3) is 0 Å². The van der Waals surface area contributed by atoms with Crippen molar-refractivity contribution >= 4 is 0 Å². The maximum absolute atomic E-state index is 10.2. The monoisotopic (exact) mass is 231 g/mol. The van der Waals surface area contributed by atoms with Crippen molar-refractivity contribution in [3.63, 3.8) is 0 Å². The largest absolute Gasteiger partial charge is 0.508 e. The summed E-state index contributed by atoms with van der Waals surface area (Å²) in [6, 6.07) is 6.18. The van der Waals surface area contributed by atoms with Crippen molar-refractivity contribution in [2.45, 2.75) is 56.4 Å². The van der Waals surface area contributed by atoms with Crippen molar-refractivity contribution in [1.82, 2.24) is 0 Å². The fourth-order valence-electron chi connectivity index (χ4n) is 3.95. The van der Waals surface area contributed by atoms with Gasteiger partial charge in [-0.1, -0.05) is 31.4 Å². The van der Waals surface area contributed by atoms with E-state index in [9.17, 15) is 5.11 Å². The number of benzene rings is 1. The molecule has 0 amide bonds. The van der Waals surface area contributed by atoms with Gasteiger partial charge in [-0.2, -0.15) is 0 Å². The van der Waals surface area contributed by atoms with Crippen molar-refractivity contribution in [3.8, 4) is 5.75 Å². The van der Waals surface area contributed by atoms with E-state index in [0.29, 0.717) is 5.75 Å². The minimum atomic E-state index is 0.0666. The van der Waals surface area contributed by atoms with Gasteiger partial charge < -0.3 is 10.8 Å². The summed E-state index contributed by atoms with van der Waals surface area (Å²) in [5.41, 5.74) is 8.99. The van der Waals surface area contributed by atoms with Crippen LogP contribution in [0, 0.1) is 0 Å². The first-order valence-electron chi connectivity index (χ1n) is 6.81. The molecule has 17 heavy (non-hydrogen) atoms.